The van der Waals surface area contributed by atoms with Gasteiger partial charge in [0.1, 0.15) is 12.2 Å². The van der Waals surface area contributed by atoms with Crippen LogP contribution in [0.25, 0.3) is 0 Å². The number of amides is 2. The van der Waals surface area contributed by atoms with Gasteiger partial charge in [0.2, 0.25) is 5.91 Å². The van der Waals surface area contributed by atoms with Crippen molar-refractivity contribution in [2.45, 2.75) is 33.4 Å². The van der Waals surface area contributed by atoms with E-state index in [2.05, 4.69) is 5.10 Å². The van der Waals surface area contributed by atoms with Gasteiger partial charge in [-0.05, 0) is 18.9 Å². The van der Waals surface area contributed by atoms with Crippen molar-refractivity contribution in [1.82, 2.24) is 19.6 Å². The molecule has 0 aromatic carbocycles. The van der Waals surface area contributed by atoms with Crippen LogP contribution in [0.1, 0.15) is 31.3 Å². The number of aliphatic hydroxyl groups excluding tert-OH is 1. The monoisotopic (exact) mass is 308 g/mol. The maximum Gasteiger partial charge on any atom is 0.272 e. The molecule has 1 atom stereocenters. The van der Waals surface area contributed by atoms with Crippen LogP contribution < -0.4 is 0 Å². The van der Waals surface area contributed by atoms with Gasteiger partial charge in [0.25, 0.3) is 5.91 Å². The van der Waals surface area contributed by atoms with E-state index in [0.717, 1.165) is 0 Å². The van der Waals surface area contributed by atoms with Crippen LogP contribution in [0.5, 0.6) is 0 Å². The fourth-order valence-corrected chi connectivity index (χ4v) is 2.70. The second-order valence-electron chi connectivity index (χ2n) is 6.06. The molecule has 1 aliphatic heterocycles. The largest absolute Gasteiger partial charge is 0.389 e. The zero-order chi connectivity index (χ0) is 16.3. The number of hydrogen-bond donors (Lipinski definition) is 1. The first-order valence-electron chi connectivity index (χ1n) is 7.69. The van der Waals surface area contributed by atoms with Crippen LogP contribution in [-0.2, 0) is 11.3 Å². The summed E-state index contributed by atoms with van der Waals surface area (Å²) in [6.45, 7) is 7.54. The summed E-state index contributed by atoms with van der Waals surface area (Å²) in [6, 6.07) is 1.64. The lowest BCUT2D eigenvalue weighted by atomic mass is 10.2. The minimum absolute atomic E-state index is 0.00247. The predicted molar refractivity (Wildman–Crippen MR) is 81.2 cm³/mol. The van der Waals surface area contributed by atoms with E-state index in [-0.39, 0.29) is 31.4 Å². The van der Waals surface area contributed by atoms with Crippen molar-refractivity contribution in [2.75, 3.05) is 26.2 Å². The zero-order valence-electron chi connectivity index (χ0n) is 13.4. The minimum atomic E-state index is -0.729. The SMILES string of the molecule is CCn1nccc1C(=O)N1CC(=O)N(CC(C)C)CC(O)C1. The van der Waals surface area contributed by atoms with E-state index in [1.165, 1.54) is 4.90 Å². The van der Waals surface area contributed by atoms with Crippen LogP contribution >= 0.6 is 0 Å². The number of nitrogens with zero attached hydrogens (tertiary/aromatic N) is 4. The summed E-state index contributed by atoms with van der Waals surface area (Å²) in [5.41, 5.74) is 0.444. The van der Waals surface area contributed by atoms with Crippen molar-refractivity contribution in [3.8, 4) is 0 Å². The molecule has 1 N–H and O–H groups in total. The van der Waals surface area contributed by atoms with Gasteiger partial charge in [-0.1, -0.05) is 13.8 Å². The molecule has 1 aliphatic rings. The molecule has 0 aliphatic carbocycles. The Labute approximate surface area is 130 Å². The van der Waals surface area contributed by atoms with Gasteiger partial charge >= 0.3 is 0 Å². The topological polar surface area (TPSA) is 78.7 Å². The Hall–Kier alpha value is -1.89. The number of carbonyl (C=O) groups excluding carboxylic acids is 2. The standard InChI is InChI=1S/C15H24N4O3/c1-4-19-13(5-6-16-19)15(22)18-9-12(20)8-17(7-11(2)3)14(21)10-18/h5-6,11-12,20H,4,7-10H2,1-3H3. The van der Waals surface area contributed by atoms with Crippen molar-refractivity contribution >= 4 is 11.8 Å². The molecule has 0 saturated carbocycles. The lowest BCUT2D eigenvalue weighted by molar-refractivity contribution is -0.131. The highest BCUT2D eigenvalue weighted by Gasteiger charge is 2.31. The van der Waals surface area contributed by atoms with E-state index >= 15 is 0 Å². The van der Waals surface area contributed by atoms with Crippen LogP contribution in [0.15, 0.2) is 12.3 Å². The van der Waals surface area contributed by atoms with Crippen LogP contribution in [0.4, 0.5) is 0 Å². The van der Waals surface area contributed by atoms with Crippen molar-refractivity contribution in [1.29, 1.82) is 0 Å². The Balaban J connectivity index is 2.15. The molecule has 7 heteroatoms. The van der Waals surface area contributed by atoms with Gasteiger partial charge in [0, 0.05) is 32.4 Å². The van der Waals surface area contributed by atoms with E-state index in [1.54, 1.807) is 21.8 Å². The van der Waals surface area contributed by atoms with Crippen LogP contribution in [0.2, 0.25) is 0 Å². The average molecular weight is 308 g/mol. The second kappa shape index (κ2) is 6.91. The molecule has 1 saturated heterocycles. The molecule has 2 heterocycles. The van der Waals surface area contributed by atoms with Crippen LogP contribution in [0, 0.1) is 5.92 Å². The van der Waals surface area contributed by atoms with Gasteiger partial charge in [-0.3, -0.25) is 14.3 Å². The molecule has 22 heavy (non-hydrogen) atoms. The molecule has 7 nitrogen and oxygen atoms in total. The van der Waals surface area contributed by atoms with Crippen LogP contribution in [-0.4, -0.2) is 68.8 Å². The summed E-state index contributed by atoms with van der Waals surface area (Å²) in [7, 11) is 0. The van der Waals surface area contributed by atoms with E-state index in [1.807, 2.05) is 20.8 Å². The third kappa shape index (κ3) is 3.65. The molecule has 1 aromatic heterocycles. The zero-order valence-corrected chi connectivity index (χ0v) is 13.4. The lowest BCUT2D eigenvalue weighted by Crippen LogP contribution is -2.41. The number of β-amino-alcohol motifs (C(OH)–C–C–N with tert-alkyl or cyclic N) is 1. The van der Waals surface area contributed by atoms with Gasteiger partial charge in [0.15, 0.2) is 0 Å². The smallest absolute Gasteiger partial charge is 0.272 e. The second-order valence-corrected chi connectivity index (χ2v) is 6.06. The molecule has 0 radical (unpaired) electrons. The molecule has 1 aromatic rings. The Morgan fingerprint density at radius 1 is 1.45 bits per heavy atom. The third-order valence-corrected chi connectivity index (χ3v) is 3.65. The maximum absolute atomic E-state index is 12.6. The molecular formula is C15H24N4O3. The Kier molecular flexibility index (Phi) is 5.18. The molecule has 2 rings (SSSR count). The number of aliphatic hydroxyl groups is 1. The van der Waals surface area contributed by atoms with Crippen molar-refractivity contribution in [2.24, 2.45) is 5.92 Å². The summed E-state index contributed by atoms with van der Waals surface area (Å²) < 4.78 is 1.59. The van der Waals surface area contributed by atoms with Gasteiger partial charge in [0.05, 0.1) is 6.10 Å². The Morgan fingerprint density at radius 3 is 2.82 bits per heavy atom. The van der Waals surface area contributed by atoms with Gasteiger partial charge in [-0.25, -0.2) is 0 Å². The third-order valence-electron chi connectivity index (χ3n) is 3.65. The van der Waals surface area contributed by atoms with Crippen molar-refractivity contribution < 1.29 is 14.7 Å². The number of aromatic nitrogens is 2. The molecule has 0 bridgehead atoms. The molecular weight excluding hydrogens is 284 g/mol. The molecule has 1 fully saturated rings. The van der Waals surface area contributed by atoms with E-state index in [0.29, 0.717) is 24.7 Å². The molecule has 122 valence electrons. The normalized spacial score (nSPS) is 19.7. The van der Waals surface area contributed by atoms with Gasteiger partial charge < -0.3 is 14.9 Å². The van der Waals surface area contributed by atoms with Gasteiger partial charge in [-0.15, -0.1) is 0 Å². The maximum atomic E-state index is 12.6. The predicted octanol–water partition coefficient (Wildman–Crippen LogP) is 0.204. The molecule has 1 unspecified atom stereocenters. The first-order chi connectivity index (χ1) is 10.4. The Morgan fingerprint density at radius 2 is 2.18 bits per heavy atom. The van der Waals surface area contributed by atoms with Gasteiger partial charge in [-0.2, -0.15) is 5.10 Å². The first kappa shape index (κ1) is 16.5. The fourth-order valence-electron chi connectivity index (χ4n) is 2.70. The summed E-state index contributed by atoms with van der Waals surface area (Å²) >= 11 is 0. The Bertz CT molecular complexity index is 541. The molecule has 0 spiro atoms. The summed E-state index contributed by atoms with van der Waals surface area (Å²) in [5.74, 6) is -0.0702. The minimum Gasteiger partial charge on any atom is -0.389 e. The average Bonchev–Trinajstić information content (AvgIpc) is 2.87. The van der Waals surface area contributed by atoms with E-state index < -0.39 is 6.10 Å². The number of rotatable bonds is 4. The number of carbonyl (C=O) groups is 2. The number of aryl methyl sites for hydroxylation is 1. The van der Waals surface area contributed by atoms with Crippen molar-refractivity contribution in [3.05, 3.63) is 18.0 Å². The van der Waals surface area contributed by atoms with Crippen molar-refractivity contribution in [3.63, 3.8) is 0 Å². The highest BCUT2D eigenvalue weighted by atomic mass is 16.3. The van der Waals surface area contributed by atoms with E-state index in [9.17, 15) is 14.7 Å². The fraction of sp³-hybridized carbons (Fsp3) is 0.667. The summed E-state index contributed by atoms with van der Waals surface area (Å²) in [5, 5.41) is 14.2. The summed E-state index contributed by atoms with van der Waals surface area (Å²) in [6.07, 6.45) is 0.838. The molecule has 2 amide bonds. The first-order valence-corrected chi connectivity index (χ1v) is 7.69. The quantitative estimate of drug-likeness (QED) is 0.862. The number of hydrogen-bond acceptors (Lipinski definition) is 4. The van der Waals surface area contributed by atoms with Crippen LogP contribution in [0.3, 0.4) is 0 Å². The highest BCUT2D eigenvalue weighted by molar-refractivity contribution is 5.95. The van der Waals surface area contributed by atoms with E-state index in [4.69, 9.17) is 0 Å². The highest BCUT2D eigenvalue weighted by Crippen LogP contribution is 2.12. The lowest BCUT2D eigenvalue weighted by Gasteiger charge is -2.23. The summed E-state index contributed by atoms with van der Waals surface area (Å²) in [4.78, 5) is 28.0.